The van der Waals surface area contributed by atoms with Gasteiger partial charge in [0.15, 0.2) is 5.65 Å². The molecule has 8 nitrogen and oxygen atoms in total. The molecule has 0 bridgehead atoms. The van der Waals surface area contributed by atoms with Crippen LogP contribution in [0.15, 0.2) is 14.6 Å². The number of thioether (sulfide) groups is 1. The van der Waals surface area contributed by atoms with Gasteiger partial charge in [0, 0.05) is 20.5 Å². The highest BCUT2D eigenvalue weighted by atomic mass is 32.2. The molecule has 2 aromatic rings. The van der Waals surface area contributed by atoms with Crippen molar-refractivity contribution in [3.05, 3.63) is 26.7 Å². The van der Waals surface area contributed by atoms with Crippen LogP contribution in [0.4, 0.5) is 0 Å². The lowest BCUT2D eigenvalue weighted by Gasteiger charge is -2.14. The molecule has 0 saturated heterocycles. The van der Waals surface area contributed by atoms with Crippen molar-refractivity contribution in [1.82, 2.24) is 19.1 Å². The van der Waals surface area contributed by atoms with Crippen molar-refractivity contribution in [1.29, 1.82) is 0 Å². The minimum absolute atomic E-state index is 0.239. The molecular weight excluding hydrogens is 356 g/mol. The predicted octanol–water partition coefficient (Wildman–Crippen LogP) is 1.27. The number of esters is 1. The van der Waals surface area contributed by atoms with Crippen LogP contribution in [-0.4, -0.2) is 36.9 Å². The molecule has 0 aliphatic rings. The van der Waals surface area contributed by atoms with Gasteiger partial charge in [0.2, 0.25) is 0 Å². The number of hydrogen-bond donors (Lipinski definition) is 0. The van der Waals surface area contributed by atoms with E-state index in [4.69, 9.17) is 4.74 Å². The van der Waals surface area contributed by atoms with Crippen molar-refractivity contribution in [2.45, 2.75) is 44.4 Å². The summed E-state index contributed by atoms with van der Waals surface area (Å²) in [5.74, 6) is 0.460. The van der Waals surface area contributed by atoms with Crippen LogP contribution in [0.1, 0.15) is 33.5 Å². The third-order valence-electron chi connectivity index (χ3n) is 3.81. The number of ether oxygens (including phenoxy) is 1. The van der Waals surface area contributed by atoms with Crippen LogP contribution in [-0.2, 0) is 30.0 Å². The fourth-order valence-corrected chi connectivity index (χ4v) is 3.44. The number of aromatic nitrogens is 4. The number of nitrogens with zero attached hydrogens (tertiary/aromatic N) is 4. The Kier molecular flexibility index (Phi) is 6.22. The van der Waals surface area contributed by atoms with Crippen LogP contribution in [0, 0.1) is 5.92 Å². The van der Waals surface area contributed by atoms with E-state index >= 15 is 0 Å². The number of carbonyl (C=O) groups excluding carboxylic acids is 1. The molecule has 0 spiro atoms. The number of aryl methyl sites for hydroxylation is 1. The van der Waals surface area contributed by atoms with Crippen LogP contribution in [0.25, 0.3) is 11.0 Å². The van der Waals surface area contributed by atoms with Crippen LogP contribution in [0.5, 0.6) is 0 Å². The van der Waals surface area contributed by atoms with Crippen molar-refractivity contribution in [2.75, 3.05) is 6.61 Å². The first-order chi connectivity index (χ1) is 12.2. The number of carbonyl (C=O) groups is 1. The smallest absolute Gasteiger partial charge is 0.332 e. The number of hydrogen-bond acceptors (Lipinski definition) is 7. The fraction of sp³-hybridized carbons (Fsp3) is 0.588. The summed E-state index contributed by atoms with van der Waals surface area (Å²) in [6.07, 6.45) is 0.598. The summed E-state index contributed by atoms with van der Waals surface area (Å²) in [7, 11) is 2.98. The molecule has 2 aromatic heterocycles. The summed E-state index contributed by atoms with van der Waals surface area (Å²) in [5, 5.41) is 0.0903. The van der Waals surface area contributed by atoms with Gasteiger partial charge in [-0.15, -0.1) is 0 Å². The van der Waals surface area contributed by atoms with E-state index < -0.39 is 16.5 Å². The van der Waals surface area contributed by atoms with Gasteiger partial charge in [0.05, 0.1) is 6.61 Å². The topological polar surface area (TPSA) is 96.1 Å². The van der Waals surface area contributed by atoms with Crippen molar-refractivity contribution in [3.8, 4) is 0 Å². The fourth-order valence-electron chi connectivity index (χ4n) is 2.49. The molecule has 0 N–H and O–H groups in total. The van der Waals surface area contributed by atoms with Gasteiger partial charge in [-0.3, -0.25) is 18.7 Å². The first-order valence-corrected chi connectivity index (χ1v) is 9.35. The Morgan fingerprint density at radius 3 is 2.38 bits per heavy atom. The second-order valence-electron chi connectivity index (χ2n) is 6.46. The van der Waals surface area contributed by atoms with Gasteiger partial charge in [-0.2, -0.15) is 0 Å². The zero-order valence-corrected chi connectivity index (χ0v) is 16.7. The molecule has 9 heteroatoms. The number of fused-ring (bicyclic) bond motifs is 1. The summed E-state index contributed by atoms with van der Waals surface area (Å²) in [6.45, 7) is 7.78. The molecular formula is C17H24N4O4S. The molecule has 142 valence electrons. The Bertz CT molecular complexity index is 948. The highest BCUT2D eigenvalue weighted by molar-refractivity contribution is 8.00. The summed E-state index contributed by atoms with van der Waals surface area (Å²) < 4.78 is 7.39. The van der Waals surface area contributed by atoms with E-state index in [2.05, 4.69) is 9.97 Å². The van der Waals surface area contributed by atoms with Gasteiger partial charge >= 0.3 is 11.7 Å². The molecule has 0 amide bonds. The first kappa shape index (κ1) is 20.2. The SMILES string of the molecule is CCOC(=O)[C@@H](C)Sc1nc(CC(C)C)nc2c1c(=O)n(C)c(=O)n2C. The maximum Gasteiger partial charge on any atom is 0.332 e. The minimum Gasteiger partial charge on any atom is -0.465 e. The monoisotopic (exact) mass is 380 g/mol. The lowest BCUT2D eigenvalue weighted by atomic mass is 10.1. The van der Waals surface area contributed by atoms with Gasteiger partial charge in [-0.1, -0.05) is 25.6 Å². The molecule has 2 heterocycles. The normalized spacial score (nSPS) is 12.6. The largest absolute Gasteiger partial charge is 0.465 e. The molecule has 0 aliphatic carbocycles. The zero-order chi connectivity index (χ0) is 19.6. The Morgan fingerprint density at radius 1 is 1.15 bits per heavy atom. The second kappa shape index (κ2) is 8.03. The lowest BCUT2D eigenvalue weighted by Crippen LogP contribution is -2.38. The van der Waals surface area contributed by atoms with Gasteiger partial charge in [0.1, 0.15) is 21.5 Å². The van der Waals surface area contributed by atoms with Crippen molar-refractivity contribution in [2.24, 2.45) is 20.0 Å². The van der Waals surface area contributed by atoms with Crippen LogP contribution in [0.3, 0.4) is 0 Å². The molecule has 2 rings (SSSR count). The van der Waals surface area contributed by atoms with Crippen molar-refractivity contribution < 1.29 is 9.53 Å². The Morgan fingerprint density at radius 2 is 1.81 bits per heavy atom. The van der Waals surface area contributed by atoms with Gasteiger partial charge in [-0.25, -0.2) is 14.8 Å². The lowest BCUT2D eigenvalue weighted by molar-refractivity contribution is -0.142. The standard InChI is InChI=1S/C17H24N4O4S/c1-7-25-16(23)10(4)26-14-12-13(18-11(19-14)8-9(2)3)20(5)17(24)21(6)15(12)22/h9-10H,7-8H2,1-6H3/t10-/m1/s1. The van der Waals surface area contributed by atoms with E-state index in [0.29, 0.717) is 23.2 Å². The molecule has 26 heavy (non-hydrogen) atoms. The number of rotatable bonds is 6. The predicted molar refractivity (Wildman–Crippen MR) is 101 cm³/mol. The molecule has 0 aromatic carbocycles. The summed E-state index contributed by atoms with van der Waals surface area (Å²) in [5.41, 5.74) is -0.647. The van der Waals surface area contributed by atoms with Gasteiger partial charge in [0.25, 0.3) is 5.56 Å². The molecule has 0 aliphatic heterocycles. The van der Waals surface area contributed by atoms with Crippen molar-refractivity contribution in [3.63, 3.8) is 0 Å². The van der Waals surface area contributed by atoms with E-state index in [-0.39, 0.29) is 23.6 Å². The van der Waals surface area contributed by atoms with Crippen molar-refractivity contribution >= 4 is 28.8 Å². The molecule has 0 fully saturated rings. The minimum atomic E-state index is -0.540. The third kappa shape index (κ3) is 3.98. The average molecular weight is 380 g/mol. The molecule has 0 saturated carbocycles. The average Bonchev–Trinajstić information content (AvgIpc) is 2.57. The van der Waals surface area contributed by atoms with Crippen LogP contribution >= 0.6 is 11.8 Å². The Labute approximate surface area is 155 Å². The summed E-state index contributed by atoms with van der Waals surface area (Å²) in [4.78, 5) is 45.9. The van der Waals surface area contributed by atoms with E-state index in [1.54, 1.807) is 20.9 Å². The van der Waals surface area contributed by atoms with E-state index in [1.165, 1.54) is 11.6 Å². The highest BCUT2D eigenvalue weighted by Crippen LogP contribution is 2.27. The highest BCUT2D eigenvalue weighted by Gasteiger charge is 2.22. The zero-order valence-electron chi connectivity index (χ0n) is 15.9. The second-order valence-corrected chi connectivity index (χ2v) is 7.79. The summed E-state index contributed by atoms with van der Waals surface area (Å²) in [6, 6.07) is 0. The third-order valence-corrected chi connectivity index (χ3v) is 4.88. The van der Waals surface area contributed by atoms with E-state index in [0.717, 1.165) is 16.3 Å². The summed E-state index contributed by atoms with van der Waals surface area (Å²) >= 11 is 1.15. The van der Waals surface area contributed by atoms with Gasteiger partial charge < -0.3 is 4.74 Å². The Hall–Kier alpha value is -2.16. The van der Waals surface area contributed by atoms with Gasteiger partial charge in [-0.05, 0) is 19.8 Å². The first-order valence-electron chi connectivity index (χ1n) is 8.47. The van der Waals surface area contributed by atoms with E-state index in [9.17, 15) is 14.4 Å². The van der Waals surface area contributed by atoms with E-state index in [1.807, 2.05) is 13.8 Å². The maximum atomic E-state index is 12.7. The van der Waals surface area contributed by atoms with Crippen LogP contribution < -0.4 is 11.2 Å². The molecule has 0 unspecified atom stereocenters. The van der Waals surface area contributed by atoms with Crippen LogP contribution in [0.2, 0.25) is 0 Å². The molecule has 1 atom stereocenters. The maximum absolute atomic E-state index is 12.7. The molecule has 0 radical (unpaired) electrons. The quantitative estimate of drug-likeness (QED) is 0.423. The Balaban J connectivity index is 2.71.